The number of halogens is 1. The van der Waals surface area contributed by atoms with Crippen molar-refractivity contribution in [3.8, 4) is 17.6 Å². The Bertz CT molecular complexity index is 530. The van der Waals surface area contributed by atoms with Gasteiger partial charge in [0.15, 0.2) is 18.4 Å². The quantitative estimate of drug-likeness (QED) is 0.332. The molecule has 0 radical (unpaired) electrons. The van der Waals surface area contributed by atoms with Crippen molar-refractivity contribution in [3.05, 3.63) is 29.6 Å². The molecule has 0 aliphatic rings. The van der Waals surface area contributed by atoms with Crippen molar-refractivity contribution in [2.45, 2.75) is 25.7 Å². The molecule has 5 heteroatoms. The van der Waals surface area contributed by atoms with Crippen LogP contribution >= 0.6 is 0 Å². The second-order valence-corrected chi connectivity index (χ2v) is 12.3. The number of hydrogen-bond acceptors (Lipinski definition) is 3. The van der Waals surface area contributed by atoms with E-state index in [0.29, 0.717) is 18.7 Å². The maximum atomic E-state index is 13.9. The molecule has 3 nitrogen and oxygen atoms in total. The second kappa shape index (κ2) is 8.94. The normalized spacial score (nSPS) is 11.2. The number of rotatable bonds is 7. The van der Waals surface area contributed by atoms with Crippen LogP contribution in [0.2, 0.25) is 25.7 Å². The highest BCUT2D eigenvalue weighted by molar-refractivity contribution is 6.76. The molecular weight excluding hydrogens is 297 g/mol. The van der Waals surface area contributed by atoms with Gasteiger partial charge in [0.1, 0.15) is 0 Å². The Balaban J connectivity index is 2.43. The third kappa shape index (κ3) is 8.18. The number of ether oxygens (including phenoxy) is 2. The lowest BCUT2D eigenvalue weighted by molar-refractivity contribution is 0.0198. The van der Waals surface area contributed by atoms with E-state index in [1.165, 1.54) is 6.07 Å². The summed E-state index contributed by atoms with van der Waals surface area (Å²) in [5.41, 5.74) is 0.645. The maximum Gasteiger partial charge on any atom is 0.189 e. The molecule has 0 heterocycles. The molecule has 1 aromatic rings. The lowest BCUT2D eigenvalue weighted by Crippen LogP contribution is -2.22. The van der Waals surface area contributed by atoms with E-state index >= 15 is 0 Å². The fourth-order valence-electron chi connectivity index (χ4n) is 1.54. The Kier molecular flexibility index (Phi) is 7.59. The van der Waals surface area contributed by atoms with Crippen molar-refractivity contribution in [1.82, 2.24) is 4.90 Å². The van der Waals surface area contributed by atoms with Gasteiger partial charge in [0.2, 0.25) is 0 Å². The van der Waals surface area contributed by atoms with E-state index in [1.807, 2.05) is 19.0 Å². The van der Waals surface area contributed by atoms with Gasteiger partial charge in [-0.2, -0.15) is 0 Å². The highest BCUT2D eigenvalue weighted by Crippen LogP contribution is 2.18. The van der Waals surface area contributed by atoms with Gasteiger partial charge in [-0.15, -0.1) is 0 Å². The molecule has 1 rings (SSSR count). The smallest absolute Gasteiger partial charge is 0.189 e. The second-order valence-electron chi connectivity index (χ2n) is 6.67. The molecule has 0 aliphatic heterocycles. The molecule has 0 spiro atoms. The van der Waals surface area contributed by atoms with Crippen molar-refractivity contribution in [3.63, 3.8) is 0 Å². The van der Waals surface area contributed by atoms with Crippen molar-refractivity contribution >= 4 is 8.07 Å². The van der Waals surface area contributed by atoms with Gasteiger partial charge >= 0.3 is 0 Å². The van der Waals surface area contributed by atoms with Crippen molar-refractivity contribution in [1.29, 1.82) is 0 Å². The molecule has 0 bridgehead atoms. The summed E-state index contributed by atoms with van der Waals surface area (Å²) in [6.07, 6.45) is 0. The predicted octanol–water partition coefficient (Wildman–Crippen LogP) is 3.43. The minimum Gasteiger partial charge on any atom is -0.464 e. The van der Waals surface area contributed by atoms with Gasteiger partial charge in [-0.25, -0.2) is 4.39 Å². The van der Waals surface area contributed by atoms with Gasteiger partial charge < -0.3 is 9.47 Å². The largest absolute Gasteiger partial charge is 0.464 e. The molecule has 122 valence electrons. The molecule has 0 saturated heterocycles. The van der Waals surface area contributed by atoms with Crippen LogP contribution in [0.4, 0.5) is 4.39 Å². The molecule has 0 fully saturated rings. The fourth-order valence-corrected chi connectivity index (χ4v) is 2.29. The van der Waals surface area contributed by atoms with Crippen molar-refractivity contribution < 1.29 is 13.9 Å². The number of benzene rings is 1. The molecule has 1 aromatic carbocycles. The average Bonchev–Trinajstić information content (AvgIpc) is 2.39. The number of hydrogen-bond donors (Lipinski definition) is 0. The summed E-state index contributed by atoms with van der Waals surface area (Å²) in [5.74, 6) is 5.68. The standard InChI is InChI=1S/C17H26FNO2Si/c1-19(2)10-6-7-15-8-9-17(16(18)13-15)21-14-20-11-12-22(3,4)5/h8-9,13H,10-12,14H2,1-5H3. The van der Waals surface area contributed by atoms with Gasteiger partial charge in [0, 0.05) is 20.2 Å². The fraction of sp³-hybridized carbons (Fsp3) is 0.529. The summed E-state index contributed by atoms with van der Waals surface area (Å²) in [6, 6.07) is 5.80. The minimum atomic E-state index is -1.10. The summed E-state index contributed by atoms with van der Waals surface area (Å²) in [6.45, 7) is 8.23. The summed E-state index contributed by atoms with van der Waals surface area (Å²) in [5, 5.41) is 0. The Morgan fingerprint density at radius 2 is 1.95 bits per heavy atom. The van der Waals surface area contributed by atoms with Gasteiger partial charge in [-0.05, 0) is 38.3 Å². The highest BCUT2D eigenvalue weighted by Gasteiger charge is 2.12. The van der Waals surface area contributed by atoms with Crippen molar-refractivity contribution in [2.75, 3.05) is 34.0 Å². The highest BCUT2D eigenvalue weighted by atomic mass is 28.3. The third-order valence-electron chi connectivity index (χ3n) is 2.85. The molecule has 0 saturated carbocycles. The van der Waals surface area contributed by atoms with Gasteiger partial charge in [-0.1, -0.05) is 31.5 Å². The van der Waals surface area contributed by atoms with Gasteiger partial charge in [0.25, 0.3) is 0 Å². The molecule has 22 heavy (non-hydrogen) atoms. The Hall–Kier alpha value is -1.35. The van der Waals surface area contributed by atoms with Crippen LogP contribution < -0.4 is 4.74 Å². The zero-order chi connectivity index (χ0) is 16.6. The van der Waals surface area contributed by atoms with Crippen LogP contribution in [0, 0.1) is 17.7 Å². The number of nitrogens with zero attached hydrogens (tertiary/aromatic N) is 1. The van der Waals surface area contributed by atoms with Crippen LogP contribution in [-0.2, 0) is 4.74 Å². The molecule has 0 aliphatic carbocycles. The van der Waals surface area contributed by atoms with Crippen LogP contribution in [0.5, 0.6) is 5.75 Å². The van der Waals surface area contributed by atoms with E-state index in [9.17, 15) is 4.39 Å². The van der Waals surface area contributed by atoms with Crippen molar-refractivity contribution in [2.24, 2.45) is 0 Å². The van der Waals surface area contributed by atoms with E-state index in [2.05, 4.69) is 31.5 Å². The average molecular weight is 323 g/mol. The van der Waals surface area contributed by atoms with Crippen LogP contribution in [0.15, 0.2) is 18.2 Å². The molecule has 0 amide bonds. The lowest BCUT2D eigenvalue weighted by atomic mass is 10.2. The minimum absolute atomic E-state index is 0.0764. The third-order valence-corrected chi connectivity index (χ3v) is 4.56. The first kappa shape index (κ1) is 18.7. The first-order valence-electron chi connectivity index (χ1n) is 7.41. The summed E-state index contributed by atoms with van der Waals surface area (Å²) in [4.78, 5) is 1.96. The van der Waals surface area contributed by atoms with E-state index < -0.39 is 13.9 Å². The first-order chi connectivity index (χ1) is 10.3. The topological polar surface area (TPSA) is 21.7 Å². The van der Waals surface area contributed by atoms with E-state index in [0.717, 1.165) is 6.04 Å². The van der Waals surface area contributed by atoms with Crippen LogP contribution in [0.3, 0.4) is 0 Å². The van der Waals surface area contributed by atoms with E-state index in [1.54, 1.807) is 12.1 Å². The van der Waals surface area contributed by atoms with E-state index in [4.69, 9.17) is 9.47 Å². The Morgan fingerprint density at radius 3 is 2.55 bits per heavy atom. The molecule has 0 unspecified atom stereocenters. The first-order valence-corrected chi connectivity index (χ1v) is 11.1. The van der Waals surface area contributed by atoms with Crippen LogP contribution in [-0.4, -0.2) is 47.0 Å². The molecule has 0 N–H and O–H groups in total. The predicted molar refractivity (Wildman–Crippen MR) is 91.4 cm³/mol. The summed E-state index contributed by atoms with van der Waals surface area (Å²) < 4.78 is 24.6. The SMILES string of the molecule is CN(C)CC#Cc1ccc(OCOCC[Si](C)(C)C)c(F)c1. The zero-order valence-corrected chi connectivity index (χ0v) is 15.2. The zero-order valence-electron chi connectivity index (χ0n) is 14.2. The van der Waals surface area contributed by atoms with Gasteiger partial charge in [0.05, 0.1) is 6.54 Å². The summed E-state index contributed by atoms with van der Waals surface area (Å²) >= 11 is 0. The molecular formula is C17H26FNO2Si. The van der Waals surface area contributed by atoms with E-state index in [-0.39, 0.29) is 12.5 Å². The van der Waals surface area contributed by atoms with Crippen LogP contribution in [0.1, 0.15) is 5.56 Å². The molecule has 0 atom stereocenters. The molecule has 0 aromatic heterocycles. The van der Waals surface area contributed by atoms with Gasteiger partial charge in [-0.3, -0.25) is 4.90 Å². The van der Waals surface area contributed by atoms with Crippen LogP contribution in [0.25, 0.3) is 0 Å². The maximum absolute atomic E-state index is 13.9. The monoisotopic (exact) mass is 323 g/mol. The lowest BCUT2D eigenvalue weighted by Gasteiger charge is -2.15. The Morgan fingerprint density at radius 1 is 1.23 bits per heavy atom. The Labute approximate surface area is 134 Å². The summed E-state index contributed by atoms with van der Waals surface area (Å²) in [7, 11) is 2.78.